The number of benzene rings is 1. The van der Waals surface area contributed by atoms with E-state index in [2.05, 4.69) is 5.32 Å². The number of hydrogen-bond donors (Lipinski definition) is 2. The van der Waals surface area contributed by atoms with Crippen molar-refractivity contribution in [2.45, 2.75) is 11.4 Å². The highest BCUT2D eigenvalue weighted by molar-refractivity contribution is 7.91. The van der Waals surface area contributed by atoms with Crippen LogP contribution in [0.15, 0.2) is 23.1 Å². The molecule has 1 aromatic carbocycles. The maximum atomic E-state index is 11.9. The van der Waals surface area contributed by atoms with Crippen molar-refractivity contribution >= 4 is 15.7 Å². The van der Waals surface area contributed by atoms with Crippen LogP contribution in [0.2, 0.25) is 0 Å². The van der Waals surface area contributed by atoms with Crippen LogP contribution >= 0.6 is 0 Å². The second-order valence-electron chi connectivity index (χ2n) is 3.68. The Balaban J connectivity index is 2.62. The Labute approximate surface area is 93.6 Å². The molecule has 1 aromatic rings. The van der Waals surface area contributed by atoms with E-state index in [-0.39, 0.29) is 16.2 Å². The summed E-state index contributed by atoms with van der Waals surface area (Å²) in [5.74, 6) is -0.572. The van der Waals surface area contributed by atoms with Gasteiger partial charge >= 0.3 is 0 Å². The number of amides is 1. The highest BCUT2D eigenvalue weighted by atomic mass is 32.2. The topological polar surface area (TPSA) is 89.3 Å². The van der Waals surface area contributed by atoms with Crippen molar-refractivity contribution in [1.82, 2.24) is 5.32 Å². The Hall–Kier alpha value is -1.40. The van der Waals surface area contributed by atoms with Crippen molar-refractivity contribution in [1.29, 1.82) is 0 Å². The summed E-state index contributed by atoms with van der Waals surface area (Å²) in [5.41, 5.74) is 6.03. The van der Waals surface area contributed by atoms with Gasteiger partial charge < -0.3 is 11.1 Å². The molecule has 16 heavy (non-hydrogen) atoms. The van der Waals surface area contributed by atoms with E-state index in [0.717, 1.165) is 0 Å². The molecule has 0 saturated heterocycles. The van der Waals surface area contributed by atoms with Gasteiger partial charge in [-0.1, -0.05) is 6.07 Å². The number of hydrogen-bond acceptors (Lipinski definition) is 4. The number of rotatable bonds is 1. The summed E-state index contributed by atoms with van der Waals surface area (Å²) in [6.07, 6.45) is 0. The quantitative estimate of drug-likeness (QED) is 0.703. The van der Waals surface area contributed by atoms with Gasteiger partial charge in [-0.25, -0.2) is 8.42 Å². The Bertz CT molecular complexity index is 537. The summed E-state index contributed by atoms with van der Waals surface area (Å²) in [5, 5.41) is 3.01. The van der Waals surface area contributed by atoms with E-state index in [1.165, 1.54) is 6.07 Å². The molecule has 6 heteroatoms. The van der Waals surface area contributed by atoms with Crippen LogP contribution < -0.4 is 11.1 Å². The molecule has 0 saturated carbocycles. The first-order valence-corrected chi connectivity index (χ1v) is 6.52. The lowest BCUT2D eigenvalue weighted by Crippen LogP contribution is -2.17. The van der Waals surface area contributed by atoms with E-state index in [1.54, 1.807) is 12.1 Å². The van der Waals surface area contributed by atoms with Gasteiger partial charge in [0.15, 0.2) is 9.84 Å². The molecule has 3 N–H and O–H groups in total. The van der Waals surface area contributed by atoms with Crippen LogP contribution in [0.3, 0.4) is 0 Å². The molecule has 0 spiro atoms. The summed E-state index contributed by atoms with van der Waals surface area (Å²) in [4.78, 5) is 11.2. The molecular weight excluding hydrogens is 228 g/mol. The Morgan fingerprint density at radius 1 is 1.38 bits per heavy atom. The number of carbonyl (C=O) groups is 1. The number of fused-ring (bicyclic) bond motifs is 1. The first-order valence-electron chi connectivity index (χ1n) is 4.87. The van der Waals surface area contributed by atoms with Crippen LogP contribution in [0, 0.1) is 0 Å². The van der Waals surface area contributed by atoms with Crippen LogP contribution in [0.1, 0.15) is 15.9 Å². The fraction of sp³-hybridized carbons (Fsp3) is 0.300. The van der Waals surface area contributed by atoms with E-state index < -0.39 is 15.7 Å². The van der Waals surface area contributed by atoms with Crippen molar-refractivity contribution in [3.8, 4) is 0 Å². The van der Waals surface area contributed by atoms with Crippen molar-refractivity contribution in [3.05, 3.63) is 29.3 Å². The number of sulfone groups is 1. The largest absolute Gasteiger partial charge is 0.366 e. The van der Waals surface area contributed by atoms with Crippen LogP contribution in [0.5, 0.6) is 0 Å². The lowest BCUT2D eigenvalue weighted by Gasteiger charge is -2.06. The number of nitrogens with two attached hydrogens (primary N) is 1. The van der Waals surface area contributed by atoms with Gasteiger partial charge in [-0.2, -0.15) is 0 Å². The molecule has 1 amide bonds. The maximum absolute atomic E-state index is 11.9. The third kappa shape index (κ3) is 1.94. The molecule has 0 radical (unpaired) electrons. The van der Waals surface area contributed by atoms with Crippen LogP contribution in [-0.2, 0) is 16.4 Å². The van der Waals surface area contributed by atoms with Gasteiger partial charge in [0.25, 0.3) is 0 Å². The second-order valence-corrected chi connectivity index (χ2v) is 5.76. The van der Waals surface area contributed by atoms with Crippen LogP contribution in [0.25, 0.3) is 0 Å². The number of primary amides is 1. The van der Waals surface area contributed by atoms with Crippen LogP contribution in [0.4, 0.5) is 0 Å². The Kier molecular flexibility index (Phi) is 2.69. The van der Waals surface area contributed by atoms with Gasteiger partial charge in [0.05, 0.1) is 10.6 Å². The molecule has 0 aromatic heterocycles. The maximum Gasteiger partial charge on any atom is 0.248 e. The van der Waals surface area contributed by atoms with Crippen molar-refractivity contribution < 1.29 is 13.2 Å². The summed E-state index contributed by atoms with van der Waals surface area (Å²) in [6, 6.07) is 4.54. The predicted octanol–water partition coefficient (Wildman–Crippen LogP) is -0.338. The molecule has 1 aliphatic heterocycles. The highest BCUT2D eigenvalue weighted by Gasteiger charge is 2.22. The lowest BCUT2D eigenvalue weighted by molar-refractivity contribution is 0.1000. The Morgan fingerprint density at radius 2 is 2.12 bits per heavy atom. The molecule has 0 aliphatic carbocycles. The van der Waals surface area contributed by atoms with E-state index in [9.17, 15) is 13.2 Å². The predicted molar refractivity (Wildman–Crippen MR) is 58.7 cm³/mol. The summed E-state index contributed by atoms with van der Waals surface area (Å²) in [7, 11) is -3.30. The molecular formula is C10H12N2O3S. The van der Waals surface area contributed by atoms with Gasteiger partial charge in [-0.05, 0) is 17.7 Å². The first kappa shape index (κ1) is 11.1. The highest BCUT2D eigenvalue weighted by Crippen LogP contribution is 2.21. The monoisotopic (exact) mass is 240 g/mol. The molecule has 0 fully saturated rings. The first-order chi connectivity index (χ1) is 7.50. The van der Waals surface area contributed by atoms with E-state index in [0.29, 0.717) is 18.7 Å². The molecule has 1 aliphatic rings. The molecule has 0 unspecified atom stereocenters. The summed E-state index contributed by atoms with van der Waals surface area (Å²) in [6.45, 7) is 0.913. The van der Waals surface area contributed by atoms with Gasteiger partial charge in [0, 0.05) is 18.7 Å². The third-order valence-electron chi connectivity index (χ3n) is 2.55. The van der Waals surface area contributed by atoms with E-state index in [4.69, 9.17) is 5.73 Å². The zero-order chi connectivity index (χ0) is 11.8. The third-order valence-corrected chi connectivity index (χ3v) is 4.34. The van der Waals surface area contributed by atoms with Gasteiger partial charge in [-0.15, -0.1) is 0 Å². The van der Waals surface area contributed by atoms with Gasteiger partial charge in [-0.3, -0.25) is 4.79 Å². The van der Waals surface area contributed by atoms with Crippen molar-refractivity contribution in [2.24, 2.45) is 5.73 Å². The van der Waals surface area contributed by atoms with Gasteiger partial charge in [0.2, 0.25) is 5.91 Å². The molecule has 0 atom stereocenters. The van der Waals surface area contributed by atoms with Crippen molar-refractivity contribution in [2.75, 3.05) is 12.3 Å². The second kappa shape index (κ2) is 3.88. The fourth-order valence-corrected chi connectivity index (χ4v) is 3.16. The minimum absolute atomic E-state index is 0.0439. The number of carbonyl (C=O) groups excluding carboxylic acids is 1. The van der Waals surface area contributed by atoms with Crippen LogP contribution in [-0.4, -0.2) is 26.6 Å². The SMILES string of the molecule is NC(=O)c1ccc2c(c1)S(=O)(=O)CCNC2. The summed E-state index contributed by atoms with van der Waals surface area (Å²) < 4.78 is 23.8. The average molecular weight is 240 g/mol. The smallest absolute Gasteiger partial charge is 0.248 e. The fourth-order valence-electron chi connectivity index (χ4n) is 1.68. The number of nitrogens with one attached hydrogen (secondary N) is 1. The normalized spacial score (nSPS) is 18.5. The molecule has 2 rings (SSSR count). The Morgan fingerprint density at radius 3 is 2.81 bits per heavy atom. The summed E-state index contributed by atoms with van der Waals surface area (Å²) >= 11 is 0. The van der Waals surface area contributed by atoms with Gasteiger partial charge in [0.1, 0.15) is 0 Å². The zero-order valence-corrected chi connectivity index (χ0v) is 9.38. The minimum atomic E-state index is -3.30. The molecule has 5 nitrogen and oxygen atoms in total. The average Bonchev–Trinajstić information content (AvgIpc) is 2.37. The molecule has 1 heterocycles. The standard InChI is InChI=1S/C10H12N2O3S/c11-10(13)7-1-2-8-6-12-3-4-16(14,15)9(8)5-7/h1-2,5,12H,3-4,6H2,(H2,11,13). The zero-order valence-electron chi connectivity index (χ0n) is 8.56. The minimum Gasteiger partial charge on any atom is -0.366 e. The molecule has 0 bridgehead atoms. The van der Waals surface area contributed by atoms with E-state index >= 15 is 0 Å². The molecule has 86 valence electrons. The van der Waals surface area contributed by atoms with Crippen molar-refractivity contribution in [3.63, 3.8) is 0 Å². The lowest BCUT2D eigenvalue weighted by atomic mass is 10.1. The van der Waals surface area contributed by atoms with E-state index in [1.807, 2.05) is 0 Å².